The van der Waals surface area contributed by atoms with Crippen molar-refractivity contribution in [3.63, 3.8) is 0 Å². The van der Waals surface area contributed by atoms with E-state index in [1.54, 1.807) is 4.90 Å². The average molecular weight is 281 g/mol. The number of rotatable bonds is 3. The summed E-state index contributed by atoms with van der Waals surface area (Å²) in [6.07, 6.45) is 0. The Hall–Kier alpha value is -2.35. The number of carbonyl (C=O) groups excluding carboxylic acids is 1. The molecular formula is C12H15N3O5. The maximum Gasteiger partial charge on any atom is 0.322 e. The summed E-state index contributed by atoms with van der Waals surface area (Å²) in [7, 11) is 1.44. The Morgan fingerprint density at radius 3 is 2.75 bits per heavy atom. The third kappa shape index (κ3) is 3.15. The van der Waals surface area contributed by atoms with E-state index in [2.05, 4.69) is 5.32 Å². The number of methoxy groups -OCH3 is 1. The van der Waals surface area contributed by atoms with Gasteiger partial charge in [0.05, 0.1) is 30.9 Å². The summed E-state index contributed by atoms with van der Waals surface area (Å²) >= 11 is 0. The molecule has 0 radical (unpaired) electrons. The van der Waals surface area contributed by atoms with E-state index in [-0.39, 0.29) is 17.4 Å². The fraction of sp³-hybridized carbons (Fsp3) is 0.417. The first-order valence-electron chi connectivity index (χ1n) is 6.08. The van der Waals surface area contributed by atoms with Gasteiger partial charge in [-0.05, 0) is 6.07 Å². The van der Waals surface area contributed by atoms with Crippen molar-refractivity contribution < 1.29 is 19.2 Å². The molecule has 0 bridgehead atoms. The monoisotopic (exact) mass is 281 g/mol. The van der Waals surface area contributed by atoms with E-state index < -0.39 is 4.92 Å². The lowest BCUT2D eigenvalue weighted by Crippen LogP contribution is -2.43. The molecule has 0 aliphatic carbocycles. The predicted octanol–water partition coefficient (Wildman–Crippen LogP) is 1.47. The normalized spacial score (nSPS) is 14.8. The van der Waals surface area contributed by atoms with Crippen LogP contribution < -0.4 is 10.1 Å². The SMILES string of the molecule is COc1ccc([N+](=O)[O-])cc1NC(=O)N1CCOCC1. The van der Waals surface area contributed by atoms with Crippen LogP contribution in [-0.4, -0.2) is 49.3 Å². The van der Waals surface area contributed by atoms with Gasteiger partial charge < -0.3 is 19.7 Å². The summed E-state index contributed by atoms with van der Waals surface area (Å²) in [5.41, 5.74) is 0.168. The molecule has 1 aliphatic heterocycles. The summed E-state index contributed by atoms with van der Waals surface area (Å²) in [5, 5.41) is 13.4. The zero-order valence-electron chi connectivity index (χ0n) is 11.0. The zero-order chi connectivity index (χ0) is 14.5. The lowest BCUT2D eigenvalue weighted by Gasteiger charge is -2.27. The van der Waals surface area contributed by atoms with Gasteiger partial charge >= 0.3 is 6.03 Å². The molecule has 2 amide bonds. The first kappa shape index (κ1) is 14.1. The van der Waals surface area contributed by atoms with Crippen LogP contribution in [0, 0.1) is 10.1 Å². The first-order chi connectivity index (χ1) is 9.61. The van der Waals surface area contributed by atoms with E-state index in [1.165, 1.54) is 25.3 Å². The number of nitro benzene ring substituents is 1. The van der Waals surface area contributed by atoms with Crippen LogP contribution in [0.25, 0.3) is 0 Å². The van der Waals surface area contributed by atoms with Crippen molar-refractivity contribution in [2.45, 2.75) is 0 Å². The quantitative estimate of drug-likeness (QED) is 0.668. The van der Waals surface area contributed by atoms with E-state index in [1.807, 2.05) is 0 Å². The van der Waals surface area contributed by atoms with Crippen molar-refractivity contribution in [3.05, 3.63) is 28.3 Å². The van der Waals surface area contributed by atoms with Gasteiger partial charge in [-0.15, -0.1) is 0 Å². The molecular weight excluding hydrogens is 266 g/mol. The molecule has 1 fully saturated rings. The van der Waals surface area contributed by atoms with Gasteiger partial charge in [-0.1, -0.05) is 0 Å². The molecule has 0 atom stereocenters. The highest BCUT2D eigenvalue weighted by molar-refractivity contribution is 5.91. The number of non-ortho nitro benzene ring substituents is 1. The molecule has 0 aromatic heterocycles. The van der Waals surface area contributed by atoms with Gasteiger partial charge in [-0.2, -0.15) is 0 Å². The molecule has 8 heteroatoms. The molecule has 1 heterocycles. The van der Waals surface area contributed by atoms with Gasteiger partial charge in [0, 0.05) is 25.2 Å². The van der Waals surface area contributed by atoms with Crippen molar-refractivity contribution >= 4 is 17.4 Å². The topological polar surface area (TPSA) is 93.9 Å². The van der Waals surface area contributed by atoms with E-state index in [0.717, 1.165) is 0 Å². The highest BCUT2D eigenvalue weighted by Crippen LogP contribution is 2.29. The second-order valence-electron chi connectivity index (χ2n) is 4.17. The van der Waals surface area contributed by atoms with Crippen LogP contribution in [0.4, 0.5) is 16.2 Å². The number of morpholine rings is 1. The Morgan fingerprint density at radius 1 is 1.45 bits per heavy atom. The van der Waals surface area contributed by atoms with Gasteiger partial charge in [0.2, 0.25) is 0 Å². The van der Waals surface area contributed by atoms with Gasteiger partial charge in [0.15, 0.2) is 0 Å². The molecule has 1 N–H and O–H groups in total. The number of urea groups is 1. The highest BCUT2D eigenvalue weighted by atomic mass is 16.6. The molecule has 1 saturated heterocycles. The third-order valence-corrected chi connectivity index (χ3v) is 2.93. The number of hydrogen-bond donors (Lipinski definition) is 1. The Morgan fingerprint density at radius 2 is 2.15 bits per heavy atom. The Kier molecular flexibility index (Phi) is 4.36. The van der Waals surface area contributed by atoms with Crippen LogP contribution in [-0.2, 0) is 4.74 Å². The maximum absolute atomic E-state index is 12.1. The molecule has 1 aromatic rings. The van der Waals surface area contributed by atoms with E-state index in [9.17, 15) is 14.9 Å². The molecule has 1 aromatic carbocycles. The van der Waals surface area contributed by atoms with Crippen molar-refractivity contribution in [1.82, 2.24) is 4.90 Å². The Bertz CT molecular complexity index is 514. The van der Waals surface area contributed by atoms with Crippen LogP contribution in [0.5, 0.6) is 5.75 Å². The number of nitro groups is 1. The fourth-order valence-electron chi connectivity index (χ4n) is 1.87. The Labute approximate surface area is 115 Å². The number of hydrogen-bond acceptors (Lipinski definition) is 5. The molecule has 8 nitrogen and oxygen atoms in total. The maximum atomic E-state index is 12.1. The minimum atomic E-state index is -0.524. The van der Waals surface area contributed by atoms with Gasteiger partial charge in [0.1, 0.15) is 5.75 Å². The molecule has 0 saturated carbocycles. The van der Waals surface area contributed by atoms with Crippen molar-refractivity contribution in [2.75, 3.05) is 38.7 Å². The number of anilines is 1. The second kappa shape index (κ2) is 6.20. The van der Waals surface area contributed by atoms with Crippen molar-refractivity contribution in [1.29, 1.82) is 0 Å². The van der Waals surface area contributed by atoms with Crippen LogP contribution in [0.2, 0.25) is 0 Å². The van der Waals surface area contributed by atoms with Gasteiger partial charge in [0.25, 0.3) is 5.69 Å². The largest absolute Gasteiger partial charge is 0.495 e. The van der Waals surface area contributed by atoms with Crippen LogP contribution in [0.3, 0.4) is 0 Å². The van der Waals surface area contributed by atoms with Crippen molar-refractivity contribution in [2.24, 2.45) is 0 Å². The minimum Gasteiger partial charge on any atom is -0.495 e. The van der Waals surface area contributed by atoms with Crippen LogP contribution in [0.1, 0.15) is 0 Å². The van der Waals surface area contributed by atoms with E-state index in [0.29, 0.717) is 32.1 Å². The van der Waals surface area contributed by atoms with E-state index in [4.69, 9.17) is 9.47 Å². The number of nitrogens with one attached hydrogen (secondary N) is 1. The van der Waals surface area contributed by atoms with Crippen LogP contribution in [0.15, 0.2) is 18.2 Å². The molecule has 1 aliphatic rings. The summed E-state index contributed by atoms with van der Waals surface area (Å²) in [4.78, 5) is 23.9. The molecule has 20 heavy (non-hydrogen) atoms. The molecule has 2 rings (SSSR count). The highest BCUT2D eigenvalue weighted by Gasteiger charge is 2.19. The Balaban J connectivity index is 2.15. The first-order valence-corrected chi connectivity index (χ1v) is 6.08. The number of nitrogens with zero attached hydrogens (tertiary/aromatic N) is 2. The number of amides is 2. The van der Waals surface area contributed by atoms with Gasteiger partial charge in [-0.3, -0.25) is 10.1 Å². The summed E-state index contributed by atoms with van der Waals surface area (Å²) < 4.78 is 10.2. The summed E-state index contributed by atoms with van der Waals surface area (Å²) in [6.45, 7) is 1.95. The van der Waals surface area contributed by atoms with Crippen LogP contribution >= 0.6 is 0 Å². The number of benzene rings is 1. The second-order valence-corrected chi connectivity index (χ2v) is 4.17. The predicted molar refractivity (Wildman–Crippen MR) is 71.1 cm³/mol. The van der Waals surface area contributed by atoms with Gasteiger partial charge in [-0.25, -0.2) is 4.79 Å². The third-order valence-electron chi connectivity index (χ3n) is 2.93. The smallest absolute Gasteiger partial charge is 0.322 e. The average Bonchev–Trinajstić information content (AvgIpc) is 2.48. The minimum absolute atomic E-state index is 0.108. The van der Waals surface area contributed by atoms with Crippen molar-refractivity contribution in [3.8, 4) is 5.75 Å². The summed E-state index contributed by atoms with van der Waals surface area (Å²) in [5.74, 6) is 0.372. The lowest BCUT2D eigenvalue weighted by atomic mass is 10.2. The lowest BCUT2D eigenvalue weighted by molar-refractivity contribution is -0.384. The fourth-order valence-corrected chi connectivity index (χ4v) is 1.87. The standard InChI is InChI=1S/C12H15N3O5/c1-19-11-3-2-9(15(17)18)8-10(11)13-12(16)14-4-6-20-7-5-14/h2-3,8H,4-7H2,1H3,(H,13,16). The van der Waals surface area contributed by atoms with E-state index >= 15 is 0 Å². The molecule has 0 spiro atoms. The summed E-state index contributed by atoms with van der Waals surface area (Å²) in [6, 6.07) is 3.72. The molecule has 0 unspecified atom stereocenters. The number of carbonyl (C=O) groups is 1. The zero-order valence-corrected chi connectivity index (χ0v) is 11.0. The number of ether oxygens (including phenoxy) is 2. The molecule has 108 valence electrons.